The van der Waals surface area contributed by atoms with Crippen molar-refractivity contribution in [2.24, 2.45) is 0 Å². The maximum Gasteiger partial charge on any atom is 0.323 e. The van der Waals surface area contributed by atoms with E-state index in [9.17, 15) is 4.57 Å². The molecule has 2 saturated carbocycles. The Morgan fingerprint density at radius 2 is 1.50 bits per heavy atom. The number of hydrogen-bond acceptors (Lipinski definition) is 5. The van der Waals surface area contributed by atoms with Crippen LogP contribution in [0.15, 0.2) is 0 Å². The zero-order valence-electron chi connectivity index (χ0n) is 10.8. The van der Waals surface area contributed by atoms with Gasteiger partial charge < -0.3 is 4.52 Å². The van der Waals surface area contributed by atoms with Gasteiger partial charge in [0.1, 0.15) is 0 Å². The van der Waals surface area contributed by atoms with Gasteiger partial charge in [-0.1, -0.05) is 49.9 Å². The number of hydrogen-bond donors (Lipinski definition) is 1. The molecule has 1 unspecified atom stereocenters. The first kappa shape index (κ1) is 15.6. The third-order valence-corrected chi connectivity index (χ3v) is 12.7. The topological polar surface area (TPSA) is 26.3 Å². The average molecular weight is 326 g/mol. The van der Waals surface area contributed by atoms with E-state index in [1.165, 1.54) is 51.4 Å². The van der Waals surface area contributed by atoms with Crippen LogP contribution < -0.4 is 0 Å². The highest BCUT2D eigenvalue weighted by Gasteiger charge is 2.33. The van der Waals surface area contributed by atoms with E-state index in [4.69, 9.17) is 4.52 Å². The summed E-state index contributed by atoms with van der Waals surface area (Å²) >= 11 is 5.79. The predicted octanol–water partition coefficient (Wildman–Crippen LogP) is 6.09. The molecule has 2 aliphatic carbocycles. The molecule has 0 amide bonds. The Bertz CT molecular complexity index is 265. The Kier molecular flexibility index (Phi) is 6.83. The summed E-state index contributed by atoms with van der Waals surface area (Å²) in [6.07, 6.45) is 12.4. The second-order valence-electron chi connectivity index (χ2n) is 5.26. The third kappa shape index (κ3) is 4.97. The Labute approximate surface area is 124 Å². The van der Waals surface area contributed by atoms with Crippen molar-refractivity contribution in [3.8, 4) is 0 Å². The van der Waals surface area contributed by atoms with Crippen molar-refractivity contribution >= 4 is 39.2 Å². The van der Waals surface area contributed by atoms with Crippen LogP contribution in [0.5, 0.6) is 0 Å². The van der Waals surface area contributed by atoms with Crippen LogP contribution in [0, 0.1) is 0 Å². The minimum atomic E-state index is -2.64. The van der Waals surface area contributed by atoms with Gasteiger partial charge in [-0.3, -0.25) is 4.57 Å². The van der Waals surface area contributed by atoms with Crippen LogP contribution in [0.2, 0.25) is 0 Å². The molecule has 2 aliphatic rings. The summed E-state index contributed by atoms with van der Waals surface area (Å²) < 4.78 is 18.7. The molecule has 1 atom stereocenters. The first-order valence-corrected chi connectivity index (χ1v) is 12.6. The summed E-state index contributed by atoms with van der Waals surface area (Å²) in [5.74, 6) is -2.64. The lowest BCUT2D eigenvalue weighted by Gasteiger charge is -2.29. The Morgan fingerprint density at radius 1 is 0.944 bits per heavy atom. The van der Waals surface area contributed by atoms with E-state index in [0.29, 0.717) is 5.25 Å². The molecule has 0 spiro atoms. The van der Waals surface area contributed by atoms with Crippen LogP contribution >= 0.6 is 39.2 Å². The van der Waals surface area contributed by atoms with Crippen LogP contribution in [-0.4, -0.2) is 11.4 Å². The number of rotatable bonds is 5. The van der Waals surface area contributed by atoms with E-state index in [2.05, 4.69) is 11.7 Å². The summed E-state index contributed by atoms with van der Waals surface area (Å²) in [5.41, 5.74) is 0. The fourth-order valence-electron chi connectivity index (χ4n) is 2.77. The molecule has 0 heterocycles. The van der Waals surface area contributed by atoms with E-state index >= 15 is 0 Å². The molecule has 18 heavy (non-hydrogen) atoms. The summed E-state index contributed by atoms with van der Waals surface area (Å²) in [7, 11) is 1.15. The third-order valence-electron chi connectivity index (χ3n) is 3.76. The van der Waals surface area contributed by atoms with Gasteiger partial charge in [0.2, 0.25) is 0 Å². The van der Waals surface area contributed by atoms with Gasteiger partial charge in [-0.2, -0.15) is 0 Å². The molecular formula is C12H23O2PS3. The van der Waals surface area contributed by atoms with E-state index in [0.717, 1.165) is 23.3 Å². The Hall–Kier alpha value is 1.24. The molecule has 0 N–H and O–H groups in total. The molecule has 0 aromatic rings. The summed E-state index contributed by atoms with van der Waals surface area (Å²) in [5, 5.41) is 0.521. The molecule has 0 bridgehead atoms. The SMILES string of the molecule is O=P(OC1CCCCC1)(SS)SC1CCCCC1. The largest absolute Gasteiger partial charge is 0.323 e. The molecule has 0 aliphatic heterocycles. The second-order valence-corrected chi connectivity index (χ2v) is 13.6. The molecular weight excluding hydrogens is 303 g/mol. The van der Waals surface area contributed by atoms with Gasteiger partial charge in [-0.15, -0.1) is 11.7 Å². The second kappa shape index (κ2) is 7.87. The molecule has 2 rings (SSSR count). The van der Waals surface area contributed by atoms with E-state index in [-0.39, 0.29) is 6.10 Å². The standard InChI is InChI=1S/C12H23O2PS3/c13-15(18-16,14-11-7-3-1-4-8-11)17-12-9-5-2-6-10-12/h11-12,16H,1-10H2. The fraction of sp³-hybridized carbons (Fsp3) is 1.00. The van der Waals surface area contributed by atoms with Gasteiger partial charge in [0.25, 0.3) is 0 Å². The van der Waals surface area contributed by atoms with E-state index in [1.54, 1.807) is 11.4 Å². The monoisotopic (exact) mass is 326 g/mol. The lowest BCUT2D eigenvalue weighted by molar-refractivity contribution is 0.168. The van der Waals surface area contributed by atoms with Crippen molar-refractivity contribution in [3.63, 3.8) is 0 Å². The smallest absolute Gasteiger partial charge is 0.310 e. The lowest BCUT2D eigenvalue weighted by atomic mass is 9.98. The molecule has 2 fully saturated rings. The van der Waals surface area contributed by atoms with Crippen molar-refractivity contribution in [3.05, 3.63) is 0 Å². The number of thiol groups is 1. The van der Waals surface area contributed by atoms with Gasteiger partial charge >= 0.3 is 5.77 Å². The predicted molar refractivity (Wildman–Crippen MR) is 86.6 cm³/mol. The lowest BCUT2D eigenvalue weighted by Crippen LogP contribution is -2.15. The zero-order chi connectivity index (χ0) is 12.8. The highest BCUT2D eigenvalue weighted by Crippen LogP contribution is 2.74. The van der Waals surface area contributed by atoms with Crippen molar-refractivity contribution in [1.82, 2.24) is 0 Å². The van der Waals surface area contributed by atoms with Gasteiger partial charge in [0.15, 0.2) is 0 Å². The molecule has 0 aromatic heterocycles. The van der Waals surface area contributed by atoms with Gasteiger partial charge in [0, 0.05) is 15.7 Å². The van der Waals surface area contributed by atoms with Crippen molar-refractivity contribution in [2.75, 3.05) is 0 Å². The maximum atomic E-state index is 12.7. The maximum absolute atomic E-state index is 12.7. The minimum absolute atomic E-state index is 0.209. The fourth-order valence-corrected chi connectivity index (χ4v) is 10.0. The zero-order valence-corrected chi connectivity index (χ0v) is 14.2. The summed E-state index contributed by atoms with van der Waals surface area (Å²) in [6.45, 7) is 0. The minimum Gasteiger partial charge on any atom is -0.310 e. The van der Waals surface area contributed by atoms with Crippen LogP contribution in [-0.2, 0) is 9.09 Å². The normalized spacial score (nSPS) is 26.9. The Morgan fingerprint density at radius 3 is 2.06 bits per heavy atom. The first-order chi connectivity index (χ1) is 8.72. The van der Waals surface area contributed by atoms with Crippen LogP contribution in [0.1, 0.15) is 64.2 Å². The van der Waals surface area contributed by atoms with Crippen LogP contribution in [0.3, 0.4) is 0 Å². The Balaban J connectivity index is 1.85. The van der Waals surface area contributed by atoms with E-state index < -0.39 is 5.77 Å². The van der Waals surface area contributed by atoms with Gasteiger partial charge in [0.05, 0.1) is 6.10 Å². The molecule has 0 saturated heterocycles. The van der Waals surface area contributed by atoms with E-state index in [1.807, 2.05) is 0 Å². The quantitative estimate of drug-likeness (QED) is 0.376. The van der Waals surface area contributed by atoms with Crippen molar-refractivity contribution < 1.29 is 9.09 Å². The average Bonchev–Trinajstić information content (AvgIpc) is 2.41. The van der Waals surface area contributed by atoms with Crippen molar-refractivity contribution in [2.45, 2.75) is 75.6 Å². The molecule has 6 heteroatoms. The molecule has 0 aromatic carbocycles. The highest BCUT2D eigenvalue weighted by atomic mass is 33.4. The van der Waals surface area contributed by atoms with Crippen LogP contribution in [0.25, 0.3) is 0 Å². The highest BCUT2D eigenvalue weighted by molar-refractivity contribution is 9.08. The summed E-state index contributed by atoms with van der Waals surface area (Å²) in [6, 6.07) is 0. The van der Waals surface area contributed by atoms with Gasteiger partial charge in [-0.25, -0.2) is 0 Å². The molecule has 106 valence electrons. The molecule has 0 radical (unpaired) electrons. The van der Waals surface area contributed by atoms with Crippen molar-refractivity contribution in [1.29, 1.82) is 0 Å². The molecule has 2 nitrogen and oxygen atoms in total. The summed E-state index contributed by atoms with van der Waals surface area (Å²) in [4.78, 5) is 0. The first-order valence-electron chi connectivity index (χ1n) is 7.02. The van der Waals surface area contributed by atoms with Gasteiger partial charge in [-0.05, 0) is 25.7 Å². The van der Waals surface area contributed by atoms with Crippen LogP contribution in [0.4, 0.5) is 0 Å².